The summed E-state index contributed by atoms with van der Waals surface area (Å²) >= 11 is 1.52. The molecule has 1 amide bonds. The van der Waals surface area contributed by atoms with Crippen molar-refractivity contribution >= 4 is 39.2 Å². The monoisotopic (exact) mass is 306 g/mol. The van der Waals surface area contributed by atoms with Gasteiger partial charge in [0.1, 0.15) is 10.6 Å². The minimum absolute atomic E-state index is 0.138. The number of likely N-dealkylation sites (N-methyl/N-ethyl adjacent to an activating group) is 1. The van der Waals surface area contributed by atoms with Crippen molar-refractivity contribution in [3.8, 4) is 0 Å². The molecular weight excluding hydrogens is 288 g/mol. The van der Waals surface area contributed by atoms with Gasteiger partial charge in [0.2, 0.25) is 11.9 Å². The number of hydrogen-bond acceptors (Lipinski definition) is 7. The van der Waals surface area contributed by atoms with E-state index in [0.717, 1.165) is 42.0 Å². The quantitative estimate of drug-likeness (QED) is 0.648. The van der Waals surface area contributed by atoms with E-state index >= 15 is 0 Å². The zero-order valence-corrected chi connectivity index (χ0v) is 12.7. The summed E-state index contributed by atoms with van der Waals surface area (Å²) in [6.45, 7) is 2.03. The third kappa shape index (κ3) is 2.77. The van der Waals surface area contributed by atoms with Crippen molar-refractivity contribution in [3.05, 3.63) is 11.4 Å². The van der Waals surface area contributed by atoms with E-state index in [0.29, 0.717) is 12.5 Å². The molecule has 2 aromatic rings. The van der Waals surface area contributed by atoms with E-state index in [1.54, 1.807) is 0 Å². The topological polar surface area (TPSA) is 87.4 Å². The summed E-state index contributed by atoms with van der Waals surface area (Å²) in [4.78, 5) is 25.6. The fourth-order valence-corrected chi connectivity index (χ4v) is 3.30. The summed E-state index contributed by atoms with van der Waals surface area (Å²) in [7, 11) is 1.87. The minimum Gasteiger partial charge on any atom is -0.350 e. The first-order chi connectivity index (χ1) is 10.2. The number of fused-ring (bicyclic) bond motifs is 1. The Bertz CT molecular complexity index is 651. The number of aromatic nitrogens is 2. The lowest BCUT2D eigenvalue weighted by molar-refractivity contribution is -0.128. The molecule has 1 saturated heterocycles. The van der Waals surface area contributed by atoms with Crippen LogP contribution in [0, 0.1) is 0 Å². The van der Waals surface area contributed by atoms with Crippen LogP contribution in [-0.2, 0) is 4.79 Å². The molecule has 0 radical (unpaired) electrons. The standard InChI is InChI=1S/C13H18N6OS/c1-18(8-10(20)19-5-2-3-6-19)11-9-4-7-21-12(9)16-13(15-11)17-14/h4,7H,2-3,5-6,8,14H2,1H3,(H,15,16,17). The molecule has 112 valence electrons. The average Bonchev–Trinajstić information content (AvgIpc) is 3.16. The number of carbonyl (C=O) groups excluding carboxylic acids is 1. The molecule has 0 spiro atoms. The van der Waals surface area contributed by atoms with Crippen LogP contribution in [0.15, 0.2) is 11.4 Å². The molecule has 0 bridgehead atoms. The van der Waals surface area contributed by atoms with Crippen LogP contribution < -0.4 is 16.2 Å². The van der Waals surface area contributed by atoms with Crippen molar-refractivity contribution < 1.29 is 4.79 Å². The lowest BCUT2D eigenvalue weighted by atomic mass is 10.3. The largest absolute Gasteiger partial charge is 0.350 e. The van der Waals surface area contributed by atoms with Gasteiger partial charge in [0.15, 0.2) is 0 Å². The molecule has 0 atom stereocenters. The Labute approximate surface area is 126 Å². The highest BCUT2D eigenvalue weighted by Gasteiger charge is 2.21. The first-order valence-electron chi connectivity index (χ1n) is 6.90. The van der Waals surface area contributed by atoms with Gasteiger partial charge < -0.3 is 9.80 Å². The van der Waals surface area contributed by atoms with Gasteiger partial charge in [-0.1, -0.05) is 0 Å². The van der Waals surface area contributed by atoms with E-state index in [1.807, 2.05) is 28.3 Å². The Hall–Kier alpha value is -1.93. The van der Waals surface area contributed by atoms with Crippen LogP contribution in [-0.4, -0.2) is 47.5 Å². The summed E-state index contributed by atoms with van der Waals surface area (Å²) < 4.78 is 0. The summed E-state index contributed by atoms with van der Waals surface area (Å²) in [5.41, 5.74) is 2.48. The van der Waals surface area contributed by atoms with E-state index in [2.05, 4.69) is 15.4 Å². The van der Waals surface area contributed by atoms with Gasteiger partial charge in [-0.15, -0.1) is 11.3 Å². The van der Waals surface area contributed by atoms with Crippen molar-refractivity contribution in [1.29, 1.82) is 0 Å². The number of hydrazine groups is 1. The molecule has 7 nitrogen and oxygen atoms in total. The SMILES string of the molecule is CN(CC(=O)N1CCCC1)c1nc(NN)nc2sccc12. The fraction of sp³-hybridized carbons (Fsp3) is 0.462. The van der Waals surface area contributed by atoms with Gasteiger partial charge in [-0.25, -0.2) is 10.8 Å². The van der Waals surface area contributed by atoms with E-state index in [1.165, 1.54) is 11.3 Å². The number of nitrogens with zero attached hydrogens (tertiary/aromatic N) is 4. The second kappa shape index (κ2) is 5.82. The maximum Gasteiger partial charge on any atom is 0.242 e. The van der Waals surface area contributed by atoms with Crippen LogP contribution in [0.4, 0.5) is 11.8 Å². The average molecular weight is 306 g/mol. The van der Waals surface area contributed by atoms with Crippen molar-refractivity contribution in [2.75, 3.05) is 37.0 Å². The molecular formula is C13H18N6OS. The first kappa shape index (κ1) is 14.0. The maximum absolute atomic E-state index is 12.3. The van der Waals surface area contributed by atoms with Crippen LogP contribution >= 0.6 is 11.3 Å². The normalized spacial score (nSPS) is 14.7. The molecule has 3 heterocycles. The summed E-state index contributed by atoms with van der Waals surface area (Å²) in [6.07, 6.45) is 2.19. The van der Waals surface area contributed by atoms with Gasteiger partial charge in [0.05, 0.1) is 11.9 Å². The highest BCUT2D eigenvalue weighted by molar-refractivity contribution is 7.16. The maximum atomic E-state index is 12.3. The molecule has 8 heteroatoms. The zero-order valence-electron chi connectivity index (χ0n) is 11.9. The van der Waals surface area contributed by atoms with Crippen molar-refractivity contribution in [2.24, 2.45) is 5.84 Å². The van der Waals surface area contributed by atoms with Gasteiger partial charge in [-0.05, 0) is 24.3 Å². The number of nitrogens with one attached hydrogen (secondary N) is 1. The molecule has 21 heavy (non-hydrogen) atoms. The second-order valence-corrected chi connectivity index (χ2v) is 5.99. The number of carbonyl (C=O) groups is 1. The number of thiophene rings is 1. The molecule has 0 saturated carbocycles. The number of nitrogen functional groups attached to an aromatic ring is 1. The third-order valence-corrected chi connectivity index (χ3v) is 4.43. The van der Waals surface area contributed by atoms with Crippen LogP contribution in [0.1, 0.15) is 12.8 Å². The lowest BCUT2D eigenvalue weighted by Gasteiger charge is -2.22. The van der Waals surface area contributed by atoms with Crippen molar-refractivity contribution in [1.82, 2.24) is 14.9 Å². The molecule has 0 aromatic carbocycles. The Kier molecular flexibility index (Phi) is 3.89. The predicted molar refractivity (Wildman–Crippen MR) is 84.3 cm³/mol. The molecule has 1 aliphatic rings. The number of hydrogen-bond donors (Lipinski definition) is 2. The van der Waals surface area contributed by atoms with Crippen LogP contribution in [0.5, 0.6) is 0 Å². The predicted octanol–water partition coefficient (Wildman–Crippen LogP) is 1.04. The Morgan fingerprint density at radius 1 is 1.48 bits per heavy atom. The molecule has 0 aliphatic carbocycles. The second-order valence-electron chi connectivity index (χ2n) is 5.10. The summed E-state index contributed by atoms with van der Waals surface area (Å²) in [5, 5.41) is 2.90. The van der Waals surface area contributed by atoms with Gasteiger partial charge in [0.25, 0.3) is 0 Å². The van der Waals surface area contributed by atoms with Gasteiger partial charge in [-0.3, -0.25) is 10.2 Å². The van der Waals surface area contributed by atoms with Crippen LogP contribution in [0.3, 0.4) is 0 Å². The number of nitrogens with two attached hydrogens (primary N) is 1. The minimum atomic E-state index is 0.138. The summed E-state index contributed by atoms with van der Waals surface area (Å²) in [6, 6.07) is 1.96. The van der Waals surface area contributed by atoms with E-state index in [4.69, 9.17) is 5.84 Å². The van der Waals surface area contributed by atoms with Gasteiger partial charge >= 0.3 is 0 Å². The Morgan fingerprint density at radius 2 is 2.24 bits per heavy atom. The number of amides is 1. The van der Waals surface area contributed by atoms with E-state index < -0.39 is 0 Å². The number of likely N-dealkylation sites (tertiary alicyclic amines) is 1. The molecule has 3 rings (SSSR count). The Morgan fingerprint density at radius 3 is 2.95 bits per heavy atom. The third-order valence-electron chi connectivity index (χ3n) is 3.63. The van der Waals surface area contributed by atoms with Gasteiger partial charge in [-0.2, -0.15) is 4.98 Å². The van der Waals surface area contributed by atoms with Crippen molar-refractivity contribution in [3.63, 3.8) is 0 Å². The Balaban J connectivity index is 1.84. The van der Waals surface area contributed by atoms with E-state index in [-0.39, 0.29) is 5.91 Å². The highest BCUT2D eigenvalue weighted by atomic mass is 32.1. The summed E-state index contributed by atoms with van der Waals surface area (Å²) in [5.74, 6) is 6.64. The van der Waals surface area contributed by atoms with Crippen LogP contribution in [0.2, 0.25) is 0 Å². The fourth-order valence-electron chi connectivity index (χ4n) is 2.54. The lowest BCUT2D eigenvalue weighted by Crippen LogP contribution is -2.37. The van der Waals surface area contributed by atoms with E-state index in [9.17, 15) is 4.79 Å². The number of rotatable bonds is 4. The van der Waals surface area contributed by atoms with Crippen LogP contribution in [0.25, 0.3) is 10.2 Å². The van der Waals surface area contributed by atoms with Gasteiger partial charge in [0, 0.05) is 20.1 Å². The smallest absolute Gasteiger partial charge is 0.242 e. The molecule has 0 unspecified atom stereocenters. The zero-order chi connectivity index (χ0) is 14.8. The number of anilines is 2. The molecule has 1 aliphatic heterocycles. The first-order valence-corrected chi connectivity index (χ1v) is 7.78. The molecule has 1 fully saturated rings. The van der Waals surface area contributed by atoms with Crippen molar-refractivity contribution in [2.45, 2.75) is 12.8 Å². The molecule has 2 aromatic heterocycles. The molecule has 3 N–H and O–H groups in total. The highest BCUT2D eigenvalue weighted by Crippen LogP contribution is 2.28.